The molecule has 1 saturated heterocycles. The Labute approximate surface area is 113 Å². The van der Waals surface area contributed by atoms with E-state index in [1.807, 2.05) is 12.1 Å². The Hall–Kier alpha value is -1.42. The van der Waals surface area contributed by atoms with Gasteiger partial charge in [-0.1, -0.05) is 12.1 Å². The molecule has 19 heavy (non-hydrogen) atoms. The van der Waals surface area contributed by atoms with Crippen LogP contribution in [0.15, 0.2) is 24.3 Å². The topological polar surface area (TPSA) is 40.5 Å². The molecule has 1 aliphatic heterocycles. The van der Waals surface area contributed by atoms with Crippen LogP contribution in [-0.2, 0) is 11.3 Å². The average Bonchev–Trinajstić information content (AvgIpc) is 2.40. The van der Waals surface area contributed by atoms with Gasteiger partial charge >= 0.3 is 5.97 Å². The Balaban J connectivity index is 1.83. The molecule has 0 radical (unpaired) electrons. The molecule has 104 valence electrons. The number of hydrogen-bond acceptors (Lipinski definition) is 2. The first-order valence-corrected chi connectivity index (χ1v) is 6.82. The fraction of sp³-hybridized carbons (Fsp3) is 0.533. The summed E-state index contributed by atoms with van der Waals surface area (Å²) in [4.78, 5) is 12.9. The molecular formula is C15H20FNO2. The summed E-state index contributed by atoms with van der Waals surface area (Å²) in [6.07, 6.45) is 3.25. The van der Waals surface area contributed by atoms with Crippen molar-refractivity contribution >= 4 is 5.97 Å². The number of piperidine rings is 1. The number of carbonyl (C=O) groups is 1. The van der Waals surface area contributed by atoms with Crippen LogP contribution in [0, 0.1) is 11.7 Å². The maximum atomic E-state index is 12.8. The van der Waals surface area contributed by atoms with E-state index in [0.717, 1.165) is 44.5 Å². The maximum Gasteiger partial charge on any atom is 0.303 e. The summed E-state index contributed by atoms with van der Waals surface area (Å²) >= 11 is 0. The Morgan fingerprint density at radius 1 is 1.37 bits per heavy atom. The van der Waals surface area contributed by atoms with Crippen LogP contribution >= 0.6 is 0 Å². The molecule has 0 spiro atoms. The summed E-state index contributed by atoms with van der Waals surface area (Å²) < 4.78 is 12.8. The van der Waals surface area contributed by atoms with Crippen molar-refractivity contribution in [3.63, 3.8) is 0 Å². The van der Waals surface area contributed by atoms with Gasteiger partial charge in [0.2, 0.25) is 0 Å². The quantitative estimate of drug-likeness (QED) is 0.890. The first kappa shape index (κ1) is 14.0. The van der Waals surface area contributed by atoms with Crippen molar-refractivity contribution in [2.75, 3.05) is 13.1 Å². The van der Waals surface area contributed by atoms with Crippen molar-refractivity contribution in [1.82, 2.24) is 4.90 Å². The van der Waals surface area contributed by atoms with Gasteiger partial charge < -0.3 is 5.11 Å². The zero-order valence-electron chi connectivity index (χ0n) is 11.0. The van der Waals surface area contributed by atoms with Gasteiger partial charge in [0, 0.05) is 19.5 Å². The number of carboxylic acids is 1. The summed E-state index contributed by atoms with van der Waals surface area (Å²) in [6, 6.07) is 6.61. The summed E-state index contributed by atoms with van der Waals surface area (Å²) in [5, 5.41) is 8.72. The van der Waals surface area contributed by atoms with E-state index in [-0.39, 0.29) is 12.2 Å². The molecule has 3 nitrogen and oxygen atoms in total. The summed E-state index contributed by atoms with van der Waals surface area (Å²) in [5.74, 6) is -0.442. The largest absolute Gasteiger partial charge is 0.481 e. The molecule has 1 aromatic rings. The van der Waals surface area contributed by atoms with Crippen molar-refractivity contribution in [3.8, 4) is 0 Å². The number of rotatable bonds is 5. The number of halogens is 1. The Bertz CT molecular complexity index is 419. The van der Waals surface area contributed by atoms with Gasteiger partial charge in [-0.15, -0.1) is 0 Å². The van der Waals surface area contributed by atoms with Gasteiger partial charge in [0.25, 0.3) is 0 Å². The van der Waals surface area contributed by atoms with Crippen molar-refractivity contribution in [3.05, 3.63) is 35.6 Å². The highest BCUT2D eigenvalue weighted by Gasteiger charge is 2.20. The number of carboxylic acid groups (broad SMARTS) is 1. The van der Waals surface area contributed by atoms with Gasteiger partial charge in [0.1, 0.15) is 5.82 Å². The molecule has 4 heteroatoms. The predicted molar refractivity (Wildman–Crippen MR) is 71.3 cm³/mol. The molecule has 1 fully saturated rings. The predicted octanol–water partition coefficient (Wildman–Crippen LogP) is 2.90. The molecule has 1 N–H and O–H groups in total. The molecule has 0 aromatic heterocycles. The zero-order chi connectivity index (χ0) is 13.7. The van der Waals surface area contributed by atoms with Crippen LogP contribution < -0.4 is 0 Å². The highest BCUT2D eigenvalue weighted by Crippen LogP contribution is 2.22. The van der Waals surface area contributed by atoms with Crippen LogP contribution in [-0.4, -0.2) is 29.1 Å². The summed E-state index contributed by atoms with van der Waals surface area (Å²) in [5.41, 5.74) is 1.11. The maximum absolute atomic E-state index is 12.8. The van der Waals surface area contributed by atoms with Gasteiger partial charge in [-0.3, -0.25) is 9.69 Å². The smallest absolute Gasteiger partial charge is 0.303 e. The summed E-state index contributed by atoms with van der Waals surface area (Å²) in [6.45, 7) is 2.81. The van der Waals surface area contributed by atoms with E-state index >= 15 is 0 Å². The average molecular weight is 265 g/mol. The van der Waals surface area contributed by atoms with Crippen LogP contribution in [0.1, 0.15) is 31.2 Å². The molecule has 1 aliphatic rings. The van der Waals surface area contributed by atoms with Crippen molar-refractivity contribution in [2.24, 2.45) is 5.92 Å². The highest BCUT2D eigenvalue weighted by molar-refractivity contribution is 5.66. The lowest BCUT2D eigenvalue weighted by molar-refractivity contribution is -0.137. The summed E-state index contributed by atoms with van der Waals surface area (Å²) in [7, 11) is 0. The van der Waals surface area contributed by atoms with Crippen LogP contribution in [0.5, 0.6) is 0 Å². The molecule has 1 heterocycles. The first-order chi connectivity index (χ1) is 9.13. The van der Waals surface area contributed by atoms with E-state index in [1.54, 1.807) is 0 Å². The molecule has 0 bridgehead atoms. The van der Waals surface area contributed by atoms with E-state index in [0.29, 0.717) is 5.92 Å². The minimum absolute atomic E-state index is 0.207. The van der Waals surface area contributed by atoms with E-state index < -0.39 is 5.97 Å². The van der Waals surface area contributed by atoms with Crippen molar-refractivity contribution in [2.45, 2.75) is 32.2 Å². The monoisotopic (exact) mass is 265 g/mol. The SMILES string of the molecule is O=C(O)CCC1CCCN(Cc2ccc(F)cc2)C1. The fourth-order valence-electron chi connectivity index (χ4n) is 2.71. The molecule has 0 saturated carbocycles. The van der Waals surface area contributed by atoms with E-state index in [2.05, 4.69) is 4.90 Å². The number of aliphatic carboxylic acids is 1. The molecule has 1 aromatic carbocycles. The van der Waals surface area contributed by atoms with Gasteiger partial charge in [-0.2, -0.15) is 0 Å². The van der Waals surface area contributed by atoms with Crippen molar-refractivity contribution in [1.29, 1.82) is 0 Å². The first-order valence-electron chi connectivity index (χ1n) is 6.82. The molecular weight excluding hydrogens is 245 g/mol. The number of benzene rings is 1. The highest BCUT2D eigenvalue weighted by atomic mass is 19.1. The van der Waals surface area contributed by atoms with Crippen LogP contribution in [0.2, 0.25) is 0 Å². The third-order valence-electron chi connectivity index (χ3n) is 3.69. The number of likely N-dealkylation sites (tertiary alicyclic amines) is 1. The molecule has 0 amide bonds. The van der Waals surface area contributed by atoms with E-state index in [9.17, 15) is 9.18 Å². The Kier molecular flexibility index (Phi) is 4.91. The second kappa shape index (κ2) is 6.66. The van der Waals surface area contributed by atoms with E-state index in [1.165, 1.54) is 12.1 Å². The third-order valence-corrected chi connectivity index (χ3v) is 3.69. The lowest BCUT2D eigenvalue weighted by atomic mass is 9.93. The second-order valence-corrected chi connectivity index (χ2v) is 5.30. The second-order valence-electron chi connectivity index (χ2n) is 5.30. The van der Waals surface area contributed by atoms with Crippen LogP contribution in [0.25, 0.3) is 0 Å². The Morgan fingerprint density at radius 3 is 2.79 bits per heavy atom. The van der Waals surface area contributed by atoms with Crippen molar-refractivity contribution < 1.29 is 14.3 Å². The Morgan fingerprint density at radius 2 is 2.11 bits per heavy atom. The zero-order valence-corrected chi connectivity index (χ0v) is 11.0. The third kappa shape index (κ3) is 4.63. The fourth-order valence-corrected chi connectivity index (χ4v) is 2.71. The molecule has 2 rings (SSSR count). The van der Waals surface area contributed by atoms with Gasteiger partial charge in [0.15, 0.2) is 0 Å². The van der Waals surface area contributed by atoms with Gasteiger partial charge in [0.05, 0.1) is 0 Å². The minimum atomic E-state index is -0.712. The van der Waals surface area contributed by atoms with Gasteiger partial charge in [-0.05, 0) is 49.4 Å². The standard InChI is InChI=1S/C15H20FNO2/c16-14-6-3-13(4-7-14)11-17-9-1-2-12(10-17)5-8-15(18)19/h3-4,6-7,12H,1-2,5,8-11H2,(H,18,19). The number of hydrogen-bond donors (Lipinski definition) is 1. The molecule has 1 unspecified atom stereocenters. The molecule has 0 aliphatic carbocycles. The van der Waals surface area contributed by atoms with Gasteiger partial charge in [-0.25, -0.2) is 4.39 Å². The molecule has 1 atom stereocenters. The normalized spacial score (nSPS) is 20.4. The lowest BCUT2D eigenvalue weighted by Gasteiger charge is -2.32. The minimum Gasteiger partial charge on any atom is -0.481 e. The van der Waals surface area contributed by atoms with Crippen LogP contribution in [0.4, 0.5) is 4.39 Å². The lowest BCUT2D eigenvalue weighted by Crippen LogP contribution is -2.35. The van der Waals surface area contributed by atoms with Crippen LogP contribution in [0.3, 0.4) is 0 Å². The van der Waals surface area contributed by atoms with E-state index in [4.69, 9.17) is 5.11 Å². The number of nitrogens with zero attached hydrogens (tertiary/aromatic N) is 1.